The number of anilines is 1. The van der Waals surface area contributed by atoms with Crippen molar-refractivity contribution in [1.82, 2.24) is 14.9 Å². The number of rotatable bonds is 3. The molecule has 1 atom stereocenters. The molecular weight excluding hydrogens is 220 g/mol. The number of nitrogens with one attached hydrogen (secondary N) is 1. The lowest BCUT2D eigenvalue weighted by Gasteiger charge is -2.22. The molecule has 6 nitrogen and oxygen atoms in total. The van der Waals surface area contributed by atoms with Crippen molar-refractivity contribution in [2.24, 2.45) is 0 Å². The van der Waals surface area contributed by atoms with Crippen LogP contribution in [0.5, 0.6) is 0 Å². The van der Waals surface area contributed by atoms with E-state index in [4.69, 9.17) is 4.74 Å². The SMILES string of the molecule is CNc1cncc(C(=O)N(C)C2CCOC2)n1. The van der Waals surface area contributed by atoms with E-state index in [1.807, 2.05) is 0 Å². The zero-order chi connectivity index (χ0) is 12.3. The van der Waals surface area contributed by atoms with Crippen molar-refractivity contribution >= 4 is 11.7 Å². The van der Waals surface area contributed by atoms with Crippen molar-refractivity contribution in [3.8, 4) is 0 Å². The first-order valence-corrected chi connectivity index (χ1v) is 5.57. The van der Waals surface area contributed by atoms with E-state index in [9.17, 15) is 4.79 Å². The van der Waals surface area contributed by atoms with Crippen LogP contribution in [0.3, 0.4) is 0 Å². The third kappa shape index (κ3) is 2.52. The van der Waals surface area contributed by atoms with Crippen LogP contribution < -0.4 is 5.32 Å². The molecule has 1 amide bonds. The Hall–Kier alpha value is -1.69. The lowest BCUT2D eigenvalue weighted by Crippen LogP contribution is -2.37. The van der Waals surface area contributed by atoms with Crippen molar-refractivity contribution in [3.05, 3.63) is 18.1 Å². The third-order valence-corrected chi connectivity index (χ3v) is 2.88. The van der Waals surface area contributed by atoms with E-state index in [2.05, 4.69) is 15.3 Å². The summed E-state index contributed by atoms with van der Waals surface area (Å²) >= 11 is 0. The fraction of sp³-hybridized carbons (Fsp3) is 0.545. The van der Waals surface area contributed by atoms with Crippen LogP contribution in [-0.4, -0.2) is 54.1 Å². The Morgan fingerprint density at radius 3 is 3.06 bits per heavy atom. The van der Waals surface area contributed by atoms with Gasteiger partial charge in [-0.05, 0) is 6.42 Å². The van der Waals surface area contributed by atoms with Gasteiger partial charge in [0.2, 0.25) is 0 Å². The normalized spacial score (nSPS) is 19.1. The van der Waals surface area contributed by atoms with Gasteiger partial charge in [0.15, 0.2) is 0 Å². The number of likely N-dealkylation sites (N-methyl/N-ethyl adjacent to an activating group) is 1. The molecule has 0 saturated carbocycles. The van der Waals surface area contributed by atoms with Crippen LogP contribution in [0.4, 0.5) is 5.82 Å². The Morgan fingerprint density at radius 2 is 2.41 bits per heavy atom. The summed E-state index contributed by atoms with van der Waals surface area (Å²) in [6.07, 6.45) is 3.94. The predicted molar refractivity (Wildman–Crippen MR) is 62.9 cm³/mol. The Labute approximate surface area is 100 Å². The molecule has 17 heavy (non-hydrogen) atoms. The van der Waals surface area contributed by atoms with Crippen molar-refractivity contribution < 1.29 is 9.53 Å². The highest BCUT2D eigenvalue weighted by atomic mass is 16.5. The topological polar surface area (TPSA) is 67.4 Å². The van der Waals surface area contributed by atoms with Gasteiger partial charge in [-0.3, -0.25) is 9.78 Å². The van der Waals surface area contributed by atoms with E-state index < -0.39 is 0 Å². The lowest BCUT2D eigenvalue weighted by molar-refractivity contribution is 0.0705. The second kappa shape index (κ2) is 5.09. The number of aromatic nitrogens is 2. The second-order valence-corrected chi connectivity index (χ2v) is 3.97. The molecule has 2 heterocycles. The molecule has 1 aromatic heterocycles. The quantitative estimate of drug-likeness (QED) is 0.821. The predicted octanol–water partition coefficient (Wildman–Crippen LogP) is 0.379. The molecular formula is C11H16N4O2. The van der Waals surface area contributed by atoms with Crippen LogP contribution >= 0.6 is 0 Å². The van der Waals surface area contributed by atoms with Gasteiger partial charge in [-0.2, -0.15) is 0 Å². The molecule has 0 radical (unpaired) electrons. The van der Waals surface area contributed by atoms with Crippen LogP contribution in [0.25, 0.3) is 0 Å². The van der Waals surface area contributed by atoms with E-state index in [-0.39, 0.29) is 11.9 Å². The van der Waals surface area contributed by atoms with E-state index >= 15 is 0 Å². The van der Waals surface area contributed by atoms with Crippen molar-refractivity contribution in [2.45, 2.75) is 12.5 Å². The van der Waals surface area contributed by atoms with Crippen LogP contribution in [-0.2, 0) is 4.74 Å². The number of hydrogen-bond acceptors (Lipinski definition) is 5. The number of carbonyl (C=O) groups is 1. The number of carbonyl (C=O) groups excluding carboxylic acids is 1. The summed E-state index contributed by atoms with van der Waals surface area (Å²) in [6, 6.07) is 0.141. The number of ether oxygens (including phenoxy) is 1. The minimum atomic E-state index is -0.120. The minimum absolute atomic E-state index is 0.120. The van der Waals surface area contributed by atoms with Crippen molar-refractivity contribution in [1.29, 1.82) is 0 Å². The number of nitrogens with zero attached hydrogens (tertiary/aromatic N) is 3. The molecule has 2 rings (SSSR count). The van der Waals surface area contributed by atoms with Crippen LogP contribution in [0.1, 0.15) is 16.9 Å². The zero-order valence-electron chi connectivity index (χ0n) is 10.0. The number of hydrogen-bond donors (Lipinski definition) is 1. The van der Waals surface area contributed by atoms with E-state index in [0.717, 1.165) is 6.42 Å². The Balaban J connectivity index is 2.12. The molecule has 1 saturated heterocycles. The first kappa shape index (κ1) is 11.8. The van der Waals surface area contributed by atoms with Crippen molar-refractivity contribution in [2.75, 3.05) is 32.6 Å². The highest BCUT2D eigenvalue weighted by molar-refractivity contribution is 5.92. The molecule has 1 aromatic rings. The third-order valence-electron chi connectivity index (χ3n) is 2.88. The summed E-state index contributed by atoms with van der Waals surface area (Å²) in [5.41, 5.74) is 0.353. The minimum Gasteiger partial charge on any atom is -0.379 e. The van der Waals surface area contributed by atoms with E-state index in [1.54, 1.807) is 25.2 Å². The average Bonchev–Trinajstić information content (AvgIpc) is 2.91. The summed E-state index contributed by atoms with van der Waals surface area (Å²) in [5, 5.41) is 2.86. The van der Waals surface area contributed by atoms with Crippen LogP contribution in [0.2, 0.25) is 0 Å². The summed E-state index contributed by atoms with van der Waals surface area (Å²) < 4.78 is 5.27. The summed E-state index contributed by atoms with van der Waals surface area (Å²) in [7, 11) is 3.52. The summed E-state index contributed by atoms with van der Waals surface area (Å²) in [6.45, 7) is 1.31. The van der Waals surface area contributed by atoms with Crippen LogP contribution in [0.15, 0.2) is 12.4 Å². The maximum Gasteiger partial charge on any atom is 0.274 e. The molecule has 1 unspecified atom stereocenters. The van der Waals surface area contributed by atoms with Crippen LogP contribution in [0, 0.1) is 0 Å². The average molecular weight is 236 g/mol. The van der Waals surface area contributed by atoms with Gasteiger partial charge in [-0.1, -0.05) is 0 Å². The molecule has 6 heteroatoms. The second-order valence-electron chi connectivity index (χ2n) is 3.97. The van der Waals surface area contributed by atoms with E-state index in [1.165, 1.54) is 6.20 Å². The monoisotopic (exact) mass is 236 g/mol. The first-order valence-electron chi connectivity index (χ1n) is 5.57. The van der Waals surface area contributed by atoms with Gasteiger partial charge in [0.05, 0.1) is 25.0 Å². The zero-order valence-corrected chi connectivity index (χ0v) is 10.0. The summed E-state index contributed by atoms with van der Waals surface area (Å²) in [5.74, 6) is 0.469. The van der Waals surface area contributed by atoms with Gasteiger partial charge in [0.25, 0.3) is 5.91 Å². The Morgan fingerprint density at radius 1 is 1.59 bits per heavy atom. The number of amides is 1. The molecule has 1 N–H and O–H groups in total. The fourth-order valence-electron chi connectivity index (χ4n) is 1.76. The van der Waals surface area contributed by atoms with Crippen molar-refractivity contribution in [3.63, 3.8) is 0 Å². The summed E-state index contributed by atoms with van der Waals surface area (Å²) in [4.78, 5) is 22.0. The highest BCUT2D eigenvalue weighted by Gasteiger charge is 2.25. The maximum atomic E-state index is 12.1. The molecule has 92 valence electrons. The standard InChI is InChI=1S/C11H16N4O2/c1-12-10-6-13-5-9(14-10)11(16)15(2)8-3-4-17-7-8/h5-6,8H,3-4,7H2,1-2H3,(H,12,14). The largest absolute Gasteiger partial charge is 0.379 e. The Bertz CT molecular complexity index is 404. The molecule has 1 fully saturated rings. The molecule has 0 spiro atoms. The first-order chi connectivity index (χ1) is 8.22. The van der Waals surface area contributed by atoms with Gasteiger partial charge in [-0.25, -0.2) is 4.98 Å². The van der Waals surface area contributed by atoms with Gasteiger partial charge < -0.3 is 15.0 Å². The van der Waals surface area contributed by atoms with Gasteiger partial charge in [0, 0.05) is 20.7 Å². The fourth-order valence-corrected chi connectivity index (χ4v) is 1.76. The van der Waals surface area contributed by atoms with Gasteiger partial charge in [0.1, 0.15) is 11.5 Å². The maximum absolute atomic E-state index is 12.1. The smallest absolute Gasteiger partial charge is 0.274 e. The molecule has 1 aliphatic heterocycles. The Kier molecular flexibility index (Phi) is 3.53. The van der Waals surface area contributed by atoms with E-state index in [0.29, 0.717) is 24.7 Å². The lowest BCUT2D eigenvalue weighted by atomic mass is 10.2. The van der Waals surface area contributed by atoms with Gasteiger partial charge in [-0.15, -0.1) is 0 Å². The highest BCUT2D eigenvalue weighted by Crippen LogP contribution is 2.13. The molecule has 0 aromatic carbocycles. The molecule has 1 aliphatic rings. The molecule has 0 aliphatic carbocycles. The van der Waals surface area contributed by atoms with Gasteiger partial charge >= 0.3 is 0 Å². The molecule has 0 bridgehead atoms.